The van der Waals surface area contributed by atoms with Crippen molar-refractivity contribution in [3.8, 4) is 0 Å². The van der Waals surface area contributed by atoms with Gasteiger partial charge in [-0.2, -0.15) is 0 Å². The summed E-state index contributed by atoms with van der Waals surface area (Å²) in [7, 11) is 2.88. The first-order chi connectivity index (χ1) is 21.5. The summed E-state index contributed by atoms with van der Waals surface area (Å²) in [6.07, 6.45) is 2.69. The third-order valence-corrected chi connectivity index (χ3v) is 9.43. The summed E-state index contributed by atoms with van der Waals surface area (Å²) in [5, 5.41) is 12.9. The number of likely N-dealkylation sites (N-methyl/N-ethyl adjacent to an activating group) is 1. The highest BCUT2D eigenvalue weighted by molar-refractivity contribution is 6.38. The Morgan fingerprint density at radius 2 is 1.83 bits per heavy atom. The molecule has 2 aliphatic heterocycles. The Kier molecular flexibility index (Phi) is 10.5. The molecule has 4 amide bonds. The Morgan fingerprint density at radius 1 is 1.13 bits per heavy atom. The molecule has 1 saturated heterocycles. The van der Waals surface area contributed by atoms with Gasteiger partial charge in [0.15, 0.2) is 5.60 Å². The molecule has 1 spiro atoms. The molecule has 3 N–H and O–H groups in total. The van der Waals surface area contributed by atoms with Gasteiger partial charge in [0.25, 0.3) is 5.91 Å². The first-order valence-electron chi connectivity index (χ1n) is 15.7. The summed E-state index contributed by atoms with van der Waals surface area (Å²) in [6, 6.07) is 4.10. The van der Waals surface area contributed by atoms with Crippen LogP contribution in [0.1, 0.15) is 78.7 Å². The Labute approximate surface area is 275 Å². The van der Waals surface area contributed by atoms with E-state index >= 15 is 0 Å². The first-order valence-corrected chi connectivity index (χ1v) is 16.1. The molecule has 2 fully saturated rings. The van der Waals surface area contributed by atoms with Crippen molar-refractivity contribution in [2.24, 2.45) is 16.5 Å². The zero-order valence-electron chi connectivity index (χ0n) is 27.7. The molecule has 0 unspecified atom stereocenters. The number of likely N-dealkylation sites (tertiary alicyclic amines) is 1. The van der Waals surface area contributed by atoms with Crippen LogP contribution in [-0.4, -0.2) is 90.1 Å². The minimum absolute atomic E-state index is 0.0149. The Bertz CT molecular complexity index is 1400. The van der Waals surface area contributed by atoms with Gasteiger partial charge >= 0.3 is 0 Å². The van der Waals surface area contributed by atoms with Crippen molar-refractivity contribution in [1.29, 1.82) is 0 Å². The summed E-state index contributed by atoms with van der Waals surface area (Å²) in [5.74, 6) is -3.11. The molecular weight excluding hydrogens is 614 g/mol. The van der Waals surface area contributed by atoms with Gasteiger partial charge in [-0.1, -0.05) is 56.1 Å². The summed E-state index contributed by atoms with van der Waals surface area (Å²) in [5.41, 5.74) is -1.13. The van der Waals surface area contributed by atoms with Gasteiger partial charge in [0.1, 0.15) is 18.1 Å². The monoisotopic (exact) mass is 659 g/mol. The number of rotatable bonds is 11. The van der Waals surface area contributed by atoms with E-state index in [1.807, 2.05) is 26.8 Å². The van der Waals surface area contributed by atoms with Gasteiger partial charge in [0.2, 0.25) is 23.5 Å². The van der Waals surface area contributed by atoms with Crippen molar-refractivity contribution in [1.82, 2.24) is 20.9 Å². The second-order valence-corrected chi connectivity index (χ2v) is 14.7. The fourth-order valence-electron chi connectivity index (χ4n) is 6.12. The summed E-state index contributed by atoms with van der Waals surface area (Å²) in [4.78, 5) is 74.5. The van der Waals surface area contributed by atoms with Crippen molar-refractivity contribution < 1.29 is 33.5 Å². The maximum Gasteiger partial charge on any atom is 0.289 e. The number of hydrogen-bond acceptors (Lipinski definition) is 8. The summed E-state index contributed by atoms with van der Waals surface area (Å²) >= 11 is 6.22. The lowest BCUT2D eigenvalue weighted by Crippen LogP contribution is -2.60. The van der Waals surface area contributed by atoms with Gasteiger partial charge in [0.05, 0.1) is 24.3 Å². The number of ether oxygens (including phenoxy) is 1. The number of hydrogen-bond donors (Lipinski definition) is 3. The number of methoxy groups -OCH3 is 1. The molecular formula is C33H46ClN5O7. The zero-order chi connectivity index (χ0) is 34.0. The number of oxime groups is 1. The Balaban J connectivity index is 1.64. The van der Waals surface area contributed by atoms with Crippen molar-refractivity contribution in [2.75, 3.05) is 20.7 Å². The van der Waals surface area contributed by atoms with E-state index in [-0.39, 0.29) is 31.2 Å². The lowest BCUT2D eigenvalue weighted by molar-refractivity contribution is -0.146. The van der Waals surface area contributed by atoms with Crippen LogP contribution >= 0.6 is 11.6 Å². The first kappa shape index (κ1) is 35.3. The number of carbonyl (C=O) groups is 5. The van der Waals surface area contributed by atoms with E-state index in [1.54, 1.807) is 32.0 Å². The Morgan fingerprint density at radius 3 is 2.39 bits per heavy atom. The van der Waals surface area contributed by atoms with Crippen molar-refractivity contribution >= 4 is 46.7 Å². The third kappa shape index (κ3) is 7.88. The average molecular weight is 660 g/mol. The zero-order valence-corrected chi connectivity index (χ0v) is 28.5. The molecule has 2 heterocycles. The van der Waals surface area contributed by atoms with E-state index in [1.165, 1.54) is 19.1 Å². The van der Waals surface area contributed by atoms with E-state index in [4.69, 9.17) is 21.2 Å². The minimum atomic E-state index is -1.06. The molecule has 1 aliphatic carbocycles. The van der Waals surface area contributed by atoms with Gasteiger partial charge in [0, 0.05) is 37.6 Å². The van der Waals surface area contributed by atoms with Gasteiger partial charge < -0.3 is 30.4 Å². The Hall–Kier alpha value is -3.51. The van der Waals surface area contributed by atoms with Gasteiger partial charge in [-0.05, 0) is 50.2 Å². The number of amides is 4. The molecule has 46 heavy (non-hydrogen) atoms. The van der Waals surface area contributed by atoms with E-state index in [2.05, 4.69) is 21.1 Å². The number of Topliss-reactive ketones (excluding diaryl/α,β-unsaturated/α-hetero) is 1. The molecule has 0 radical (unpaired) electrons. The lowest BCUT2D eigenvalue weighted by Gasteiger charge is -2.37. The fraction of sp³-hybridized carbons (Fsp3) is 0.636. The molecule has 1 aromatic carbocycles. The predicted octanol–water partition coefficient (Wildman–Crippen LogP) is 2.75. The van der Waals surface area contributed by atoms with Crippen LogP contribution in [0, 0.1) is 11.3 Å². The van der Waals surface area contributed by atoms with E-state index < -0.39 is 58.2 Å². The molecule has 3 aliphatic rings. The quantitative estimate of drug-likeness (QED) is 0.309. The standard InChI is InChI=1S/C33H46ClN5O7/c1-31(2,3)27(36-24(40)17-32(4,5)45-7)30(44)39-18-33(15-22(38-46-33)20-12-9-13-21(34)14-20)16-23(39)28(42)37-25(19-10-8-11-19)26(41)29(43)35-6/h9,12-14,19,23,25,27H,8,10-11,15-18H2,1-7H3,(H,35,43)(H,36,40)(H,37,42)/t23-,25-,27+,33+/m0/s1. The van der Waals surface area contributed by atoms with E-state index in [0.717, 1.165) is 12.0 Å². The van der Waals surface area contributed by atoms with Crippen molar-refractivity contribution in [3.63, 3.8) is 0 Å². The molecule has 12 nitrogen and oxygen atoms in total. The second-order valence-electron chi connectivity index (χ2n) is 14.3. The number of carbonyl (C=O) groups excluding carboxylic acids is 5. The van der Waals surface area contributed by atoms with Gasteiger partial charge in [-0.15, -0.1) is 0 Å². The molecule has 4 rings (SSSR count). The van der Waals surface area contributed by atoms with E-state index in [9.17, 15) is 24.0 Å². The highest BCUT2D eigenvalue weighted by Gasteiger charge is 2.56. The molecule has 0 aromatic heterocycles. The SMILES string of the molecule is CNC(=O)C(=O)[C@@H](NC(=O)[C@@H]1C[C@]2(CC(c3cccc(Cl)c3)=NO2)CN1C(=O)[C@@H](NC(=O)CC(C)(C)OC)C(C)(C)C)C1CCC1. The second kappa shape index (κ2) is 13.7. The molecule has 0 bridgehead atoms. The van der Waals surface area contributed by atoms with Crippen molar-refractivity contribution in [2.45, 2.75) is 102 Å². The van der Waals surface area contributed by atoms with Crippen LogP contribution in [0.3, 0.4) is 0 Å². The maximum atomic E-state index is 14.4. The van der Waals surface area contributed by atoms with Crippen LogP contribution in [-0.2, 0) is 33.5 Å². The van der Waals surface area contributed by atoms with Crippen LogP contribution in [0.15, 0.2) is 29.4 Å². The topological polar surface area (TPSA) is 156 Å². The van der Waals surface area contributed by atoms with Crippen LogP contribution in [0.4, 0.5) is 0 Å². The van der Waals surface area contributed by atoms with Crippen LogP contribution in [0.25, 0.3) is 0 Å². The maximum absolute atomic E-state index is 14.4. The fourth-order valence-corrected chi connectivity index (χ4v) is 6.31. The number of nitrogens with one attached hydrogen (secondary N) is 3. The number of benzene rings is 1. The molecule has 1 aromatic rings. The summed E-state index contributed by atoms with van der Waals surface area (Å²) in [6.45, 7) is 9.07. The molecule has 13 heteroatoms. The van der Waals surface area contributed by atoms with Gasteiger partial charge in [-0.3, -0.25) is 24.0 Å². The largest absolute Gasteiger partial charge is 0.387 e. The average Bonchev–Trinajstić information content (AvgIpc) is 3.56. The number of halogens is 1. The smallest absolute Gasteiger partial charge is 0.289 e. The molecule has 1 saturated carbocycles. The lowest BCUT2D eigenvalue weighted by atomic mass is 9.78. The van der Waals surface area contributed by atoms with Crippen LogP contribution in [0.5, 0.6) is 0 Å². The molecule has 4 atom stereocenters. The normalized spacial score (nSPS) is 22.7. The summed E-state index contributed by atoms with van der Waals surface area (Å²) < 4.78 is 5.41. The number of nitrogens with zero attached hydrogens (tertiary/aromatic N) is 2. The van der Waals surface area contributed by atoms with Crippen molar-refractivity contribution in [3.05, 3.63) is 34.9 Å². The van der Waals surface area contributed by atoms with Crippen LogP contribution in [0.2, 0.25) is 5.02 Å². The highest BCUT2D eigenvalue weighted by Crippen LogP contribution is 2.40. The van der Waals surface area contributed by atoms with Gasteiger partial charge in [-0.25, -0.2) is 0 Å². The van der Waals surface area contributed by atoms with Crippen LogP contribution < -0.4 is 16.0 Å². The predicted molar refractivity (Wildman–Crippen MR) is 172 cm³/mol. The third-order valence-electron chi connectivity index (χ3n) is 9.19. The minimum Gasteiger partial charge on any atom is -0.387 e. The molecule has 252 valence electrons. The van der Waals surface area contributed by atoms with E-state index in [0.29, 0.717) is 30.0 Å². The number of ketones is 1. The highest BCUT2D eigenvalue weighted by atomic mass is 35.5.